The molecule has 0 radical (unpaired) electrons. The van der Waals surface area contributed by atoms with E-state index in [4.69, 9.17) is 14.2 Å². The summed E-state index contributed by atoms with van der Waals surface area (Å²) in [6.07, 6.45) is 80.2. The minimum Gasteiger partial charge on any atom is -0.462 e. The number of esters is 3. The summed E-state index contributed by atoms with van der Waals surface area (Å²) < 4.78 is 16.9. The first-order valence-corrected chi connectivity index (χ1v) is 31.1. The number of hydrogen-bond acceptors (Lipinski definition) is 6. The zero-order chi connectivity index (χ0) is 52.9. The second kappa shape index (κ2) is 61.1. The van der Waals surface area contributed by atoms with E-state index in [1.54, 1.807) is 0 Å². The van der Waals surface area contributed by atoms with Gasteiger partial charge >= 0.3 is 17.9 Å². The number of rotatable bonds is 56. The molecule has 0 amide bonds. The Bertz CT molecular complexity index is 1400. The molecule has 1 unspecified atom stereocenters. The normalized spacial score (nSPS) is 12.6. The lowest BCUT2D eigenvalue weighted by Gasteiger charge is -2.18. The van der Waals surface area contributed by atoms with E-state index in [0.29, 0.717) is 19.3 Å². The third-order valence-corrected chi connectivity index (χ3v) is 13.4. The zero-order valence-corrected chi connectivity index (χ0v) is 48.1. The highest BCUT2D eigenvalue weighted by Crippen LogP contribution is 2.16. The highest BCUT2D eigenvalue weighted by Gasteiger charge is 2.19. The van der Waals surface area contributed by atoms with Crippen LogP contribution in [0.3, 0.4) is 0 Å². The second-order valence-corrected chi connectivity index (χ2v) is 20.6. The summed E-state index contributed by atoms with van der Waals surface area (Å²) in [5, 5.41) is 0. The Kier molecular flexibility index (Phi) is 58.3. The molecule has 0 aromatic heterocycles. The maximum atomic E-state index is 12.8. The maximum Gasteiger partial charge on any atom is 0.306 e. The number of allylic oxidation sites excluding steroid dienone is 14. The van der Waals surface area contributed by atoms with Crippen LogP contribution in [0, 0.1) is 0 Å². The molecule has 0 heterocycles. The predicted molar refractivity (Wildman–Crippen MR) is 316 cm³/mol. The summed E-state index contributed by atoms with van der Waals surface area (Å²) in [4.78, 5) is 38.1. The lowest BCUT2D eigenvalue weighted by atomic mass is 10.0. The van der Waals surface area contributed by atoms with Crippen molar-refractivity contribution < 1.29 is 28.6 Å². The minimum absolute atomic E-state index is 0.0767. The van der Waals surface area contributed by atoms with Gasteiger partial charge in [-0.15, -0.1) is 0 Å². The van der Waals surface area contributed by atoms with Gasteiger partial charge in [0.2, 0.25) is 0 Å². The lowest BCUT2D eigenvalue weighted by Crippen LogP contribution is -2.30. The van der Waals surface area contributed by atoms with E-state index >= 15 is 0 Å². The van der Waals surface area contributed by atoms with Gasteiger partial charge in [-0.3, -0.25) is 14.4 Å². The largest absolute Gasteiger partial charge is 0.462 e. The molecule has 420 valence electrons. The Labute approximate surface area is 452 Å². The van der Waals surface area contributed by atoms with Crippen molar-refractivity contribution in [2.75, 3.05) is 13.2 Å². The molecular weight excluding hydrogens is 901 g/mol. The van der Waals surface area contributed by atoms with Gasteiger partial charge in [-0.25, -0.2) is 0 Å². The predicted octanol–water partition coefficient (Wildman–Crippen LogP) is 21.1. The van der Waals surface area contributed by atoms with E-state index in [0.717, 1.165) is 103 Å². The van der Waals surface area contributed by atoms with Crippen LogP contribution in [0.15, 0.2) is 85.1 Å². The fourth-order valence-electron chi connectivity index (χ4n) is 8.74. The number of hydrogen-bond donors (Lipinski definition) is 0. The van der Waals surface area contributed by atoms with Gasteiger partial charge in [0, 0.05) is 19.3 Å². The summed E-state index contributed by atoms with van der Waals surface area (Å²) in [6, 6.07) is 0. The summed E-state index contributed by atoms with van der Waals surface area (Å²) in [5.41, 5.74) is 0. The van der Waals surface area contributed by atoms with Crippen LogP contribution >= 0.6 is 0 Å². The molecule has 6 nitrogen and oxygen atoms in total. The van der Waals surface area contributed by atoms with Crippen molar-refractivity contribution in [2.45, 2.75) is 309 Å². The average molecular weight is 1020 g/mol. The standard InChI is InChI=1S/C67H116O6/c1-4-7-10-13-16-19-21-23-25-27-28-29-30-31-32-33-34-35-36-37-38-40-41-43-45-48-51-54-57-60-66(69)72-63-64(62-71-65(68)59-56-53-50-47-18-15-12-9-6-3)73-67(70)61-58-55-52-49-46-44-42-39-26-24-22-20-17-14-11-8-5-2/h7,10,16-17,19-20,23-26,28-29,31-32,64H,4-6,8-9,11-15,18,21-22,27,30,33-63H2,1-3H3/b10-7-,19-16-,20-17-,25-23-,26-24-,29-28-,32-31-. The Morgan fingerprint density at radius 3 is 0.863 bits per heavy atom. The van der Waals surface area contributed by atoms with Crippen molar-refractivity contribution in [3.05, 3.63) is 85.1 Å². The molecule has 1 atom stereocenters. The van der Waals surface area contributed by atoms with E-state index in [1.165, 1.54) is 161 Å². The average Bonchev–Trinajstić information content (AvgIpc) is 3.39. The smallest absolute Gasteiger partial charge is 0.306 e. The maximum absolute atomic E-state index is 12.8. The highest BCUT2D eigenvalue weighted by molar-refractivity contribution is 5.71. The number of carbonyl (C=O) groups is 3. The van der Waals surface area contributed by atoms with Crippen LogP contribution in [0.2, 0.25) is 0 Å². The second-order valence-electron chi connectivity index (χ2n) is 20.6. The number of ether oxygens (including phenoxy) is 3. The van der Waals surface area contributed by atoms with E-state index < -0.39 is 6.10 Å². The van der Waals surface area contributed by atoms with Crippen LogP contribution in [0.5, 0.6) is 0 Å². The minimum atomic E-state index is -0.778. The molecule has 0 saturated heterocycles. The fourth-order valence-corrected chi connectivity index (χ4v) is 8.74. The molecule has 0 aromatic rings. The molecule has 73 heavy (non-hydrogen) atoms. The van der Waals surface area contributed by atoms with Crippen molar-refractivity contribution in [3.8, 4) is 0 Å². The van der Waals surface area contributed by atoms with Gasteiger partial charge in [-0.2, -0.15) is 0 Å². The van der Waals surface area contributed by atoms with E-state index in [2.05, 4.69) is 106 Å². The fraction of sp³-hybridized carbons (Fsp3) is 0.746. The molecule has 0 saturated carbocycles. The third-order valence-electron chi connectivity index (χ3n) is 13.4. The Hall–Kier alpha value is -3.41. The van der Waals surface area contributed by atoms with Crippen LogP contribution < -0.4 is 0 Å². The quantitative estimate of drug-likeness (QED) is 0.0261. The molecular formula is C67H116O6. The van der Waals surface area contributed by atoms with E-state index in [1.807, 2.05) is 0 Å². The van der Waals surface area contributed by atoms with Gasteiger partial charge in [-0.05, 0) is 96.3 Å². The molecule has 0 rings (SSSR count). The first kappa shape index (κ1) is 69.6. The van der Waals surface area contributed by atoms with Gasteiger partial charge in [0.05, 0.1) is 0 Å². The Morgan fingerprint density at radius 2 is 0.534 bits per heavy atom. The van der Waals surface area contributed by atoms with Crippen LogP contribution in [0.4, 0.5) is 0 Å². The number of unbranched alkanes of at least 4 members (excludes halogenated alkanes) is 31. The zero-order valence-electron chi connectivity index (χ0n) is 48.1. The van der Waals surface area contributed by atoms with Gasteiger partial charge < -0.3 is 14.2 Å². The third kappa shape index (κ3) is 59.3. The summed E-state index contributed by atoms with van der Waals surface area (Å²) >= 11 is 0. The molecule has 0 aliphatic rings. The molecule has 0 spiro atoms. The summed E-state index contributed by atoms with van der Waals surface area (Å²) in [7, 11) is 0. The molecule has 0 bridgehead atoms. The molecule has 0 aliphatic carbocycles. The lowest BCUT2D eigenvalue weighted by molar-refractivity contribution is -0.167. The van der Waals surface area contributed by atoms with Crippen molar-refractivity contribution in [2.24, 2.45) is 0 Å². The van der Waals surface area contributed by atoms with Crippen molar-refractivity contribution in [1.29, 1.82) is 0 Å². The van der Waals surface area contributed by atoms with E-state index in [9.17, 15) is 14.4 Å². The van der Waals surface area contributed by atoms with Gasteiger partial charge in [0.15, 0.2) is 6.10 Å². The number of carbonyl (C=O) groups excluding carboxylic acids is 3. The van der Waals surface area contributed by atoms with Crippen molar-refractivity contribution in [1.82, 2.24) is 0 Å². The van der Waals surface area contributed by atoms with Crippen LogP contribution in [0.25, 0.3) is 0 Å². The van der Waals surface area contributed by atoms with Crippen LogP contribution in [-0.4, -0.2) is 37.2 Å². The molecule has 6 heteroatoms. The first-order chi connectivity index (χ1) is 36.0. The topological polar surface area (TPSA) is 78.9 Å². The Morgan fingerprint density at radius 1 is 0.288 bits per heavy atom. The van der Waals surface area contributed by atoms with Gasteiger partial charge in [0.25, 0.3) is 0 Å². The van der Waals surface area contributed by atoms with Gasteiger partial charge in [-0.1, -0.05) is 273 Å². The molecule has 0 aromatic carbocycles. The molecule has 0 aliphatic heterocycles. The summed E-state index contributed by atoms with van der Waals surface area (Å²) in [6.45, 7) is 6.50. The molecule has 0 N–H and O–H groups in total. The van der Waals surface area contributed by atoms with Crippen molar-refractivity contribution >= 4 is 17.9 Å². The van der Waals surface area contributed by atoms with Crippen LogP contribution in [-0.2, 0) is 28.6 Å². The highest BCUT2D eigenvalue weighted by atomic mass is 16.6. The monoisotopic (exact) mass is 1020 g/mol. The SMILES string of the molecule is CC/C=C\C/C=C\C/C=C\C/C=C\C/C=C\CCCCCCCCCCCCCCCC(=O)OCC(COC(=O)CCCCCCCCCCC)OC(=O)CCCCCCCCC/C=C\C/C=C\CCCCC. The summed E-state index contributed by atoms with van der Waals surface area (Å²) in [5.74, 6) is -0.879. The molecule has 0 fully saturated rings. The Balaban J connectivity index is 4.17. The van der Waals surface area contributed by atoms with Gasteiger partial charge in [0.1, 0.15) is 13.2 Å². The first-order valence-electron chi connectivity index (χ1n) is 31.1. The van der Waals surface area contributed by atoms with E-state index in [-0.39, 0.29) is 31.1 Å². The van der Waals surface area contributed by atoms with Crippen molar-refractivity contribution in [3.63, 3.8) is 0 Å². The van der Waals surface area contributed by atoms with Crippen LogP contribution in [0.1, 0.15) is 303 Å².